The van der Waals surface area contributed by atoms with E-state index in [2.05, 4.69) is 20.6 Å². The first-order valence-electron chi connectivity index (χ1n) is 8.70. The van der Waals surface area contributed by atoms with E-state index in [-0.39, 0.29) is 17.5 Å². The summed E-state index contributed by atoms with van der Waals surface area (Å²) in [5, 5.41) is 6.15. The minimum atomic E-state index is -0.208. The van der Waals surface area contributed by atoms with Crippen LogP contribution >= 0.6 is 0 Å². The number of nitrogens with one attached hydrogen (secondary N) is 3. The van der Waals surface area contributed by atoms with Gasteiger partial charge in [0, 0.05) is 49.7 Å². The summed E-state index contributed by atoms with van der Waals surface area (Å²) in [7, 11) is 3.42. The van der Waals surface area contributed by atoms with Crippen LogP contribution in [0.3, 0.4) is 0 Å². The maximum absolute atomic E-state index is 12.1. The predicted octanol–water partition coefficient (Wildman–Crippen LogP) is 0.844. The Morgan fingerprint density at radius 2 is 2.26 bits per heavy atom. The topological polar surface area (TPSA) is 99.3 Å². The van der Waals surface area contributed by atoms with E-state index in [9.17, 15) is 9.59 Å². The zero-order valence-corrected chi connectivity index (χ0v) is 15.4. The number of likely N-dealkylation sites (N-methyl/N-ethyl adjacent to an activating group) is 1. The van der Waals surface area contributed by atoms with Crippen LogP contribution in [0.2, 0.25) is 0 Å². The molecule has 3 heterocycles. The fourth-order valence-electron chi connectivity index (χ4n) is 2.79. The van der Waals surface area contributed by atoms with Crippen molar-refractivity contribution in [2.24, 2.45) is 0 Å². The van der Waals surface area contributed by atoms with E-state index in [1.807, 2.05) is 7.05 Å². The number of H-pyrrole nitrogens is 1. The van der Waals surface area contributed by atoms with Crippen LogP contribution in [-0.4, -0.2) is 60.6 Å². The average molecular weight is 369 g/mol. The number of anilines is 1. The molecule has 0 aliphatic carbocycles. The van der Waals surface area contributed by atoms with Crippen LogP contribution in [0.5, 0.6) is 5.75 Å². The van der Waals surface area contributed by atoms with E-state index >= 15 is 0 Å². The molecule has 2 aromatic rings. The molecule has 0 spiro atoms. The number of ether oxygens (including phenoxy) is 1. The zero-order valence-electron chi connectivity index (χ0n) is 15.4. The van der Waals surface area contributed by atoms with Crippen LogP contribution in [0.4, 0.5) is 5.69 Å². The van der Waals surface area contributed by atoms with Crippen molar-refractivity contribution in [3.05, 3.63) is 53.1 Å². The van der Waals surface area contributed by atoms with Crippen molar-refractivity contribution in [1.82, 2.24) is 20.2 Å². The van der Waals surface area contributed by atoms with Gasteiger partial charge in [0.05, 0.1) is 18.8 Å². The molecular weight excluding hydrogens is 346 g/mol. The number of methoxy groups -OCH3 is 1. The molecule has 3 N–H and O–H groups in total. The highest BCUT2D eigenvalue weighted by atomic mass is 16.5. The molecule has 0 saturated carbocycles. The third-order valence-corrected chi connectivity index (χ3v) is 4.30. The Morgan fingerprint density at radius 1 is 1.44 bits per heavy atom. The minimum Gasteiger partial charge on any atom is -0.497 e. The summed E-state index contributed by atoms with van der Waals surface area (Å²) in [6.45, 7) is 1.77. The number of hydrogen-bond donors (Lipinski definition) is 3. The Bertz CT molecular complexity index is 887. The molecule has 1 saturated heterocycles. The van der Waals surface area contributed by atoms with Gasteiger partial charge in [0.2, 0.25) is 5.91 Å². The molecule has 1 aliphatic rings. The van der Waals surface area contributed by atoms with E-state index < -0.39 is 0 Å². The van der Waals surface area contributed by atoms with Crippen LogP contribution in [0.1, 0.15) is 0 Å². The van der Waals surface area contributed by atoms with Gasteiger partial charge in [0.25, 0.3) is 5.56 Å². The molecule has 0 aromatic carbocycles. The Kier molecular flexibility index (Phi) is 5.87. The summed E-state index contributed by atoms with van der Waals surface area (Å²) >= 11 is 0. The van der Waals surface area contributed by atoms with Crippen molar-refractivity contribution in [3.63, 3.8) is 0 Å². The van der Waals surface area contributed by atoms with Crippen LogP contribution < -0.4 is 20.9 Å². The summed E-state index contributed by atoms with van der Waals surface area (Å²) < 4.78 is 5.22. The van der Waals surface area contributed by atoms with Gasteiger partial charge < -0.3 is 25.3 Å². The Hall–Kier alpha value is -3.13. The fraction of sp³-hybridized carbons (Fsp3) is 0.316. The number of likely N-dealkylation sites (tertiary alicyclic amines) is 1. The molecule has 3 rings (SSSR count). The van der Waals surface area contributed by atoms with E-state index in [0.29, 0.717) is 36.8 Å². The SMILES string of the molecule is CNCC=CC(=O)N1CC(Nc2cc(-c3cc(OC)ccn3)c[nH]c2=O)C1. The molecule has 0 unspecified atom stereocenters. The van der Waals surface area contributed by atoms with Gasteiger partial charge >= 0.3 is 0 Å². The highest BCUT2D eigenvalue weighted by molar-refractivity contribution is 5.88. The lowest BCUT2D eigenvalue weighted by Gasteiger charge is -2.39. The maximum atomic E-state index is 12.1. The number of carbonyl (C=O) groups is 1. The molecule has 8 nitrogen and oxygen atoms in total. The third kappa shape index (κ3) is 4.53. The number of amides is 1. The first-order chi connectivity index (χ1) is 13.1. The fourth-order valence-corrected chi connectivity index (χ4v) is 2.79. The minimum absolute atomic E-state index is 0.0217. The largest absolute Gasteiger partial charge is 0.497 e. The van der Waals surface area contributed by atoms with Crippen molar-refractivity contribution in [2.45, 2.75) is 6.04 Å². The van der Waals surface area contributed by atoms with Crippen LogP contribution in [0.15, 0.2) is 47.5 Å². The highest BCUT2D eigenvalue weighted by Crippen LogP contribution is 2.22. The molecule has 8 heteroatoms. The maximum Gasteiger partial charge on any atom is 0.271 e. The van der Waals surface area contributed by atoms with Gasteiger partial charge in [-0.3, -0.25) is 14.6 Å². The summed E-state index contributed by atoms with van der Waals surface area (Å²) in [6.07, 6.45) is 6.63. The first-order valence-corrected chi connectivity index (χ1v) is 8.70. The van der Waals surface area contributed by atoms with Crippen molar-refractivity contribution in [2.75, 3.05) is 39.1 Å². The van der Waals surface area contributed by atoms with Gasteiger partial charge in [-0.15, -0.1) is 0 Å². The monoisotopic (exact) mass is 369 g/mol. The summed E-state index contributed by atoms with van der Waals surface area (Å²) in [6, 6.07) is 5.37. The second-order valence-electron chi connectivity index (χ2n) is 6.26. The second kappa shape index (κ2) is 8.50. The summed E-state index contributed by atoms with van der Waals surface area (Å²) in [5.74, 6) is 0.673. The van der Waals surface area contributed by atoms with Crippen molar-refractivity contribution in [3.8, 4) is 17.0 Å². The predicted molar refractivity (Wildman–Crippen MR) is 104 cm³/mol. The molecular formula is C19H23N5O3. The highest BCUT2D eigenvalue weighted by Gasteiger charge is 2.29. The number of rotatable bonds is 7. The van der Waals surface area contributed by atoms with Crippen molar-refractivity contribution >= 4 is 11.6 Å². The summed E-state index contributed by atoms with van der Waals surface area (Å²) in [5.41, 5.74) is 1.73. The lowest BCUT2D eigenvalue weighted by Crippen LogP contribution is -2.57. The molecule has 1 aliphatic heterocycles. The summed E-state index contributed by atoms with van der Waals surface area (Å²) in [4.78, 5) is 32.9. The standard InChI is InChI=1S/C19H23N5O3/c1-20-6-3-4-18(25)24-11-14(12-24)23-17-8-13(10-22-19(17)26)16-9-15(27-2)5-7-21-16/h3-5,7-10,14,20,23H,6,11-12H2,1-2H3,(H,22,26). The normalized spacial score (nSPS) is 14.2. The number of nitrogens with zero attached hydrogens (tertiary/aromatic N) is 2. The molecule has 0 radical (unpaired) electrons. The van der Waals surface area contributed by atoms with E-state index in [1.54, 1.807) is 54.8 Å². The van der Waals surface area contributed by atoms with Gasteiger partial charge in [-0.05, 0) is 19.2 Å². The Balaban J connectivity index is 1.65. The number of aromatic nitrogens is 2. The lowest BCUT2D eigenvalue weighted by atomic mass is 10.1. The smallest absolute Gasteiger partial charge is 0.271 e. The average Bonchev–Trinajstić information content (AvgIpc) is 2.65. The van der Waals surface area contributed by atoms with Crippen LogP contribution in [0, 0.1) is 0 Å². The number of hydrogen-bond acceptors (Lipinski definition) is 6. The second-order valence-corrected chi connectivity index (χ2v) is 6.26. The van der Waals surface area contributed by atoms with E-state index in [4.69, 9.17) is 4.74 Å². The molecule has 0 atom stereocenters. The first kappa shape index (κ1) is 18.7. The van der Waals surface area contributed by atoms with E-state index in [0.717, 1.165) is 5.56 Å². The van der Waals surface area contributed by atoms with E-state index in [1.165, 1.54) is 0 Å². The van der Waals surface area contributed by atoms with Crippen molar-refractivity contribution in [1.29, 1.82) is 0 Å². The number of aromatic amines is 1. The molecule has 0 bridgehead atoms. The number of pyridine rings is 2. The molecule has 1 amide bonds. The van der Waals surface area contributed by atoms with Crippen LogP contribution in [-0.2, 0) is 4.79 Å². The number of carbonyl (C=O) groups excluding carboxylic acids is 1. The quantitative estimate of drug-likeness (QED) is 0.626. The van der Waals surface area contributed by atoms with Crippen molar-refractivity contribution < 1.29 is 9.53 Å². The van der Waals surface area contributed by atoms with Gasteiger partial charge in [-0.1, -0.05) is 6.08 Å². The zero-order chi connectivity index (χ0) is 19.2. The Morgan fingerprint density at radius 3 is 3.00 bits per heavy atom. The molecule has 142 valence electrons. The molecule has 27 heavy (non-hydrogen) atoms. The molecule has 2 aromatic heterocycles. The van der Waals surface area contributed by atoms with Gasteiger partial charge in [-0.2, -0.15) is 0 Å². The lowest BCUT2D eigenvalue weighted by molar-refractivity contribution is -0.129. The third-order valence-electron chi connectivity index (χ3n) is 4.30. The Labute approximate surface area is 157 Å². The van der Waals surface area contributed by atoms with Gasteiger partial charge in [0.15, 0.2) is 0 Å². The molecule has 1 fully saturated rings. The van der Waals surface area contributed by atoms with Gasteiger partial charge in [0.1, 0.15) is 11.4 Å². The van der Waals surface area contributed by atoms with Gasteiger partial charge in [-0.25, -0.2) is 0 Å². The van der Waals surface area contributed by atoms with Crippen LogP contribution in [0.25, 0.3) is 11.3 Å².